The summed E-state index contributed by atoms with van der Waals surface area (Å²) in [5.74, 6) is -0.367. The van der Waals surface area contributed by atoms with Crippen molar-refractivity contribution in [1.29, 1.82) is 0 Å². The first kappa shape index (κ1) is 15.3. The fourth-order valence-corrected chi connectivity index (χ4v) is 4.69. The highest BCUT2D eigenvalue weighted by atomic mass is 16.6. The molecule has 4 saturated carbocycles. The van der Waals surface area contributed by atoms with Crippen molar-refractivity contribution in [1.82, 2.24) is 0 Å². The SMILES string of the molecule is C=C(C)C(=O)OCC(=O)OC1C2CC3CC(CC1(C)C3)C2=O. The average molecular weight is 306 g/mol. The molecule has 0 amide bonds. The Kier molecular flexibility index (Phi) is 3.62. The minimum Gasteiger partial charge on any atom is -0.459 e. The molecular weight excluding hydrogens is 284 g/mol. The van der Waals surface area contributed by atoms with E-state index < -0.39 is 18.5 Å². The van der Waals surface area contributed by atoms with Crippen LogP contribution >= 0.6 is 0 Å². The molecule has 22 heavy (non-hydrogen) atoms. The lowest BCUT2D eigenvalue weighted by Crippen LogP contribution is -2.60. The second kappa shape index (κ2) is 5.21. The standard InChI is InChI=1S/C17H22O5/c1-9(2)16(20)21-8-13(18)22-15-12-5-10-4-11(14(12)19)7-17(15,3)6-10/h10-12,15H,1,4-8H2,2-3H3. The average Bonchev–Trinajstić information content (AvgIpc) is 2.44. The number of esters is 2. The van der Waals surface area contributed by atoms with Crippen molar-refractivity contribution in [2.75, 3.05) is 6.61 Å². The van der Waals surface area contributed by atoms with Crippen LogP contribution in [0.3, 0.4) is 0 Å². The fraction of sp³-hybridized carbons (Fsp3) is 0.706. The minimum atomic E-state index is -0.607. The van der Waals surface area contributed by atoms with E-state index in [-0.39, 0.29) is 34.7 Å². The predicted octanol–water partition coefficient (Wildman–Crippen LogP) is 2.04. The maximum Gasteiger partial charge on any atom is 0.344 e. The topological polar surface area (TPSA) is 69.7 Å². The van der Waals surface area contributed by atoms with Gasteiger partial charge in [0.15, 0.2) is 6.61 Å². The van der Waals surface area contributed by atoms with Gasteiger partial charge >= 0.3 is 11.9 Å². The number of rotatable bonds is 4. The van der Waals surface area contributed by atoms with Gasteiger partial charge in [0, 0.05) is 16.9 Å². The number of hydrogen-bond acceptors (Lipinski definition) is 5. The second-order valence-corrected chi connectivity index (χ2v) is 7.37. The first-order chi connectivity index (χ1) is 10.3. The van der Waals surface area contributed by atoms with Gasteiger partial charge in [0.05, 0.1) is 5.92 Å². The molecule has 5 heteroatoms. The second-order valence-electron chi connectivity index (χ2n) is 7.37. The predicted molar refractivity (Wildman–Crippen MR) is 77.7 cm³/mol. The molecule has 4 aliphatic carbocycles. The molecule has 0 aliphatic heterocycles. The van der Waals surface area contributed by atoms with E-state index in [1.54, 1.807) is 0 Å². The Balaban J connectivity index is 1.64. The molecule has 5 nitrogen and oxygen atoms in total. The maximum atomic E-state index is 12.4. The molecule has 4 rings (SSSR count). The van der Waals surface area contributed by atoms with E-state index >= 15 is 0 Å². The van der Waals surface area contributed by atoms with Crippen molar-refractivity contribution in [3.8, 4) is 0 Å². The quantitative estimate of drug-likeness (QED) is 0.587. The van der Waals surface area contributed by atoms with Gasteiger partial charge in [-0.25, -0.2) is 9.59 Å². The zero-order chi connectivity index (χ0) is 16.1. The molecule has 0 saturated heterocycles. The summed E-state index contributed by atoms with van der Waals surface area (Å²) in [7, 11) is 0. The molecule has 5 unspecified atom stereocenters. The van der Waals surface area contributed by atoms with Crippen LogP contribution in [0.1, 0.15) is 39.5 Å². The summed E-state index contributed by atoms with van der Waals surface area (Å²) in [6.45, 7) is 6.67. The van der Waals surface area contributed by atoms with Gasteiger partial charge in [-0.2, -0.15) is 0 Å². The zero-order valence-electron chi connectivity index (χ0n) is 13.1. The fourth-order valence-electron chi connectivity index (χ4n) is 4.69. The summed E-state index contributed by atoms with van der Waals surface area (Å²) in [5, 5.41) is 0. The van der Waals surface area contributed by atoms with Gasteiger partial charge in [0.1, 0.15) is 11.9 Å². The highest BCUT2D eigenvalue weighted by Crippen LogP contribution is 2.59. The van der Waals surface area contributed by atoms with E-state index in [1.165, 1.54) is 6.92 Å². The normalized spacial score (nSPS) is 38.7. The molecule has 4 fully saturated rings. The molecule has 4 aliphatic rings. The van der Waals surface area contributed by atoms with Crippen LogP contribution in [0.15, 0.2) is 12.2 Å². The summed E-state index contributed by atoms with van der Waals surface area (Å²) < 4.78 is 10.4. The van der Waals surface area contributed by atoms with Gasteiger partial charge < -0.3 is 9.47 Å². The van der Waals surface area contributed by atoms with Crippen LogP contribution in [0.4, 0.5) is 0 Å². The van der Waals surface area contributed by atoms with Gasteiger partial charge in [0.25, 0.3) is 0 Å². The smallest absolute Gasteiger partial charge is 0.344 e. The molecule has 0 aromatic carbocycles. The molecule has 0 N–H and O–H groups in total. The van der Waals surface area contributed by atoms with Crippen molar-refractivity contribution < 1.29 is 23.9 Å². The Bertz CT molecular complexity index is 551. The minimum absolute atomic E-state index is 0.113. The number of carbonyl (C=O) groups excluding carboxylic acids is 3. The Hall–Kier alpha value is -1.65. The number of carbonyl (C=O) groups is 3. The number of Topliss-reactive ketones (excluding diaryl/α,β-unsaturated/α-hetero) is 1. The Morgan fingerprint density at radius 3 is 2.73 bits per heavy atom. The molecule has 4 bridgehead atoms. The molecule has 0 radical (unpaired) electrons. The van der Waals surface area contributed by atoms with Crippen LogP contribution in [-0.4, -0.2) is 30.4 Å². The monoisotopic (exact) mass is 306 g/mol. The van der Waals surface area contributed by atoms with Crippen LogP contribution < -0.4 is 0 Å². The molecule has 0 spiro atoms. The van der Waals surface area contributed by atoms with Crippen molar-refractivity contribution in [3.63, 3.8) is 0 Å². The first-order valence-corrected chi connectivity index (χ1v) is 7.86. The lowest BCUT2D eigenvalue weighted by atomic mass is 9.48. The summed E-state index contributed by atoms with van der Waals surface area (Å²) in [4.78, 5) is 35.7. The van der Waals surface area contributed by atoms with Gasteiger partial charge in [-0.05, 0) is 38.5 Å². The third-order valence-electron chi connectivity index (χ3n) is 5.42. The maximum absolute atomic E-state index is 12.4. The molecule has 120 valence electrons. The number of hydrogen-bond donors (Lipinski definition) is 0. The van der Waals surface area contributed by atoms with E-state index in [0.29, 0.717) is 5.92 Å². The molecule has 0 aromatic rings. The van der Waals surface area contributed by atoms with Crippen LogP contribution in [0, 0.1) is 23.2 Å². The van der Waals surface area contributed by atoms with Crippen molar-refractivity contribution in [2.24, 2.45) is 23.2 Å². The van der Waals surface area contributed by atoms with E-state index in [9.17, 15) is 14.4 Å². The zero-order valence-corrected chi connectivity index (χ0v) is 13.1. The molecule has 0 aromatic heterocycles. The van der Waals surface area contributed by atoms with Crippen LogP contribution in [0.2, 0.25) is 0 Å². The van der Waals surface area contributed by atoms with E-state index in [0.717, 1.165) is 25.7 Å². The van der Waals surface area contributed by atoms with Crippen molar-refractivity contribution in [2.45, 2.75) is 45.6 Å². The van der Waals surface area contributed by atoms with Gasteiger partial charge in [0.2, 0.25) is 0 Å². The molecule has 0 heterocycles. The van der Waals surface area contributed by atoms with Crippen molar-refractivity contribution in [3.05, 3.63) is 12.2 Å². The lowest BCUT2D eigenvalue weighted by Gasteiger charge is -2.57. The van der Waals surface area contributed by atoms with Crippen molar-refractivity contribution >= 4 is 17.7 Å². The third-order valence-corrected chi connectivity index (χ3v) is 5.42. The molecule has 5 atom stereocenters. The van der Waals surface area contributed by atoms with Crippen LogP contribution in [0.5, 0.6) is 0 Å². The van der Waals surface area contributed by atoms with Crippen LogP contribution in [-0.2, 0) is 23.9 Å². The highest BCUT2D eigenvalue weighted by Gasteiger charge is 2.60. The summed E-state index contributed by atoms with van der Waals surface area (Å²) in [5.41, 5.74) is 0.128. The largest absolute Gasteiger partial charge is 0.459 e. The van der Waals surface area contributed by atoms with E-state index in [4.69, 9.17) is 9.47 Å². The number of ketones is 1. The summed E-state index contributed by atoms with van der Waals surface area (Å²) >= 11 is 0. The summed E-state index contributed by atoms with van der Waals surface area (Å²) in [6, 6.07) is 0. The first-order valence-electron chi connectivity index (χ1n) is 7.86. The van der Waals surface area contributed by atoms with Gasteiger partial charge in [-0.3, -0.25) is 4.79 Å². The third kappa shape index (κ3) is 2.46. The lowest BCUT2D eigenvalue weighted by molar-refractivity contribution is -0.194. The van der Waals surface area contributed by atoms with E-state index in [1.807, 2.05) is 0 Å². The Morgan fingerprint density at radius 1 is 1.32 bits per heavy atom. The van der Waals surface area contributed by atoms with Gasteiger partial charge in [-0.15, -0.1) is 0 Å². The molecular formula is C17H22O5. The van der Waals surface area contributed by atoms with Crippen LogP contribution in [0.25, 0.3) is 0 Å². The van der Waals surface area contributed by atoms with Gasteiger partial charge in [-0.1, -0.05) is 13.5 Å². The summed E-state index contributed by atoms with van der Waals surface area (Å²) in [6.07, 6.45) is 3.28. The van der Waals surface area contributed by atoms with E-state index in [2.05, 4.69) is 13.5 Å². The Labute approximate surface area is 130 Å². The number of ether oxygens (including phenoxy) is 2. The highest BCUT2D eigenvalue weighted by molar-refractivity contribution is 5.89. The Morgan fingerprint density at radius 2 is 2.05 bits per heavy atom.